The molecule has 1 atom stereocenters. The molecule has 1 saturated heterocycles. The summed E-state index contributed by atoms with van der Waals surface area (Å²) in [5.41, 5.74) is 0.347. The molecule has 1 amide bonds. The molecule has 1 aliphatic rings. The van der Waals surface area contributed by atoms with Crippen molar-refractivity contribution in [2.45, 2.75) is 12.5 Å². The molecule has 1 N–H and O–H groups in total. The molecule has 1 aromatic rings. The molecule has 1 heterocycles. The van der Waals surface area contributed by atoms with Crippen LogP contribution in [0.3, 0.4) is 0 Å². The first kappa shape index (κ1) is 12.5. The SMILES string of the molecule is CN1CCC(NC(=O)c2cc(F)ccc2Br)C1. The number of likely N-dealkylation sites (N-methyl/N-ethyl adjacent to an activating group) is 1. The van der Waals surface area contributed by atoms with Gasteiger partial charge in [-0.1, -0.05) is 0 Å². The number of rotatable bonds is 2. The molecule has 0 saturated carbocycles. The first-order chi connectivity index (χ1) is 8.06. The van der Waals surface area contributed by atoms with Gasteiger partial charge in [0.25, 0.3) is 5.91 Å². The number of amides is 1. The van der Waals surface area contributed by atoms with E-state index in [1.807, 2.05) is 7.05 Å². The van der Waals surface area contributed by atoms with E-state index in [9.17, 15) is 9.18 Å². The fraction of sp³-hybridized carbons (Fsp3) is 0.417. The Kier molecular flexibility index (Phi) is 3.79. The lowest BCUT2D eigenvalue weighted by Gasteiger charge is -2.13. The van der Waals surface area contributed by atoms with E-state index in [4.69, 9.17) is 0 Å². The van der Waals surface area contributed by atoms with Crippen molar-refractivity contribution in [3.8, 4) is 0 Å². The van der Waals surface area contributed by atoms with Crippen LogP contribution in [0.1, 0.15) is 16.8 Å². The Bertz CT molecular complexity index is 439. The van der Waals surface area contributed by atoms with Crippen LogP contribution in [0.2, 0.25) is 0 Å². The van der Waals surface area contributed by atoms with E-state index in [2.05, 4.69) is 26.1 Å². The number of nitrogens with zero attached hydrogens (tertiary/aromatic N) is 1. The third-order valence-electron chi connectivity index (χ3n) is 2.90. The standard InChI is InChI=1S/C12H14BrFN2O/c1-16-5-4-9(7-16)15-12(17)10-6-8(14)2-3-11(10)13/h2-3,6,9H,4-5,7H2,1H3,(H,15,17). The molecular weight excluding hydrogens is 287 g/mol. The average molecular weight is 301 g/mol. The molecule has 1 aliphatic heterocycles. The van der Waals surface area contributed by atoms with Crippen LogP contribution in [0, 0.1) is 5.82 Å². The maximum Gasteiger partial charge on any atom is 0.252 e. The maximum atomic E-state index is 13.1. The lowest BCUT2D eigenvalue weighted by molar-refractivity contribution is 0.0937. The van der Waals surface area contributed by atoms with Crippen molar-refractivity contribution < 1.29 is 9.18 Å². The fourth-order valence-corrected chi connectivity index (χ4v) is 2.41. The molecule has 0 bridgehead atoms. The van der Waals surface area contributed by atoms with Gasteiger partial charge in [-0.3, -0.25) is 4.79 Å². The molecule has 2 rings (SSSR count). The van der Waals surface area contributed by atoms with Crippen molar-refractivity contribution in [1.29, 1.82) is 0 Å². The zero-order valence-electron chi connectivity index (χ0n) is 9.54. The number of halogens is 2. The second-order valence-electron chi connectivity index (χ2n) is 4.35. The molecule has 0 spiro atoms. The predicted octanol–water partition coefficient (Wildman–Crippen LogP) is 2.02. The Morgan fingerprint density at radius 1 is 1.59 bits per heavy atom. The second-order valence-corrected chi connectivity index (χ2v) is 5.20. The van der Waals surface area contributed by atoms with Crippen molar-refractivity contribution >= 4 is 21.8 Å². The molecule has 1 unspecified atom stereocenters. The average Bonchev–Trinajstić information content (AvgIpc) is 2.67. The minimum atomic E-state index is -0.401. The number of nitrogens with one attached hydrogen (secondary N) is 1. The van der Waals surface area contributed by atoms with Crippen LogP contribution in [0.4, 0.5) is 4.39 Å². The second kappa shape index (κ2) is 5.14. The van der Waals surface area contributed by atoms with Crippen LogP contribution in [0.25, 0.3) is 0 Å². The van der Waals surface area contributed by atoms with Gasteiger partial charge in [-0.05, 0) is 54.1 Å². The topological polar surface area (TPSA) is 32.3 Å². The summed E-state index contributed by atoms with van der Waals surface area (Å²) in [5.74, 6) is -0.626. The number of carbonyl (C=O) groups excluding carboxylic acids is 1. The van der Waals surface area contributed by atoms with Gasteiger partial charge in [-0.25, -0.2) is 4.39 Å². The van der Waals surface area contributed by atoms with Gasteiger partial charge in [0.1, 0.15) is 5.82 Å². The summed E-state index contributed by atoms with van der Waals surface area (Å²) >= 11 is 3.25. The molecule has 1 fully saturated rings. The van der Waals surface area contributed by atoms with Crippen molar-refractivity contribution in [1.82, 2.24) is 10.2 Å². The third kappa shape index (κ3) is 3.04. The van der Waals surface area contributed by atoms with E-state index in [1.165, 1.54) is 12.1 Å². The first-order valence-corrected chi connectivity index (χ1v) is 6.30. The summed E-state index contributed by atoms with van der Waals surface area (Å²) in [6.45, 7) is 1.83. The van der Waals surface area contributed by atoms with Gasteiger partial charge in [-0.15, -0.1) is 0 Å². The van der Waals surface area contributed by atoms with Crippen LogP contribution < -0.4 is 5.32 Å². The number of carbonyl (C=O) groups is 1. The summed E-state index contributed by atoms with van der Waals surface area (Å²) in [6, 6.07) is 4.27. The predicted molar refractivity (Wildman–Crippen MR) is 67.5 cm³/mol. The van der Waals surface area contributed by atoms with Crippen molar-refractivity contribution in [2.75, 3.05) is 20.1 Å². The summed E-state index contributed by atoms with van der Waals surface area (Å²) < 4.78 is 13.7. The lowest BCUT2D eigenvalue weighted by atomic mass is 10.2. The highest BCUT2D eigenvalue weighted by Gasteiger charge is 2.22. The molecule has 0 aromatic heterocycles. The van der Waals surface area contributed by atoms with E-state index in [1.54, 1.807) is 6.07 Å². The first-order valence-electron chi connectivity index (χ1n) is 5.50. The highest BCUT2D eigenvalue weighted by atomic mass is 79.9. The van der Waals surface area contributed by atoms with Crippen LogP contribution in [0.5, 0.6) is 0 Å². The maximum absolute atomic E-state index is 13.1. The van der Waals surface area contributed by atoms with E-state index in [-0.39, 0.29) is 11.9 Å². The van der Waals surface area contributed by atoms with Crippen molar-refractivity contribution in [3.05, 3.63) is 34.1 Å². The van der Waals surface area contributed by atoms with Crippen LogP contribution in [0.15, 0.2) is 22.7 Å². The highest BCUT2D eigenvalue weighted by Crippen LogP contribution is 2.18. The molecule has 17 heavy (non-hydrogen) atoms. The molecule has 0 aliphatic carbocycles. The van der Waals surface area contributed by atoms with Crippen LogP contribution >= 0.6 is 15.9 Å². The Morgan fingerprint density at radius 3 is 3.00 bits per heavy atom. The third-order valence-corrected chi connectivity index (χ3v) is 3.59. The largest absolute Gasteiger partial charge is 0.348 e. The van der Waals surface area contributed by atoms with Crippen LogP contribution in [-0.2, 0) is 0 Å². The van der Waals surface area contributed by atoms with E-state index < -0.39 is 5.82 Å². The normalized spacial score (nSPS) is 20.5. The molecule has 5 heteroatoms. The zero-order valence-corrected chi connectivity index (χ0v) is 11.1. The van der Waals surface area contributed by atoms with Crippen molar-refractivity contribution in [3.63, 3.8) is 0 Å². The Hall–Kier alpha value is -0.940. The molecule has 3 nitrogen and oxygen atoms in total. The van der Waals surface area contributed by atoms with Gasteiger partial charge in [0, 0.05) is 17.1 Å². The number of benzene rings is 1. The lowest BCUT2D eigenvalue weighted by Crippen LogP contribution is -2.36. The van der Waals surface area contributed by atoms with Crippen molar-refractivity contribution in [2.24, 2.45) is 0 Å². The quantitative estimate of drug-likeness (QED) is 0.906. The molecular formula is C12H14BrFN2O. The monoisotopic (exact) mass is 300 g/mol. The number of hydrogen-bond acceptors (Lipinski definition) is 2. The molecule has 0 radical (unpaired) electrons. The number of likely N-dealkylation sites (tertiary alicyclic amines) is 1. The van der Waals surface area contributed by atoms with Gasteiger partial charge < -0.3 is 10.2 Å². The highest BCUT2D eigenvalue weighted by molar-refractivity contribution is 9.10. The van der Waals surface area contributed by atoms with E-state index in [0.29, 0.717) is 10.0 Å². The Morgan fingerprint density at radius 2 is 2.35 bits per heavy atom. The van der Waals surface area contributed by atoms with Gasteiger partial charge in [0.2, 0.25) is 0 Å². The van der Waals surface area contributed by atoms with Gasteiger partial charge in [0.15, 0.2) is 0 Å². The van der Waals surface area contributed by atoms with Gasteiger partial charge >= 0.3 is 0 Å². The summed E-state index contributed by atoms with van der Waals surface area (Å²) in [4.78, 5) is 14.1. The summed E-state index contributed by atoms with van der Waals surface area (Å²) in [7, 11) is 2.02. The van der Waals surface area contributed by atoms with Crippen LogP contribution in [-0.4, -0.2) is 37.0 Å². The molecule has 1 aromatic carbocycles. The summed E-state index contributed by atoms with van der Waals surface area (Å²) in [5, 5.41) is 2.92. The summed E-state index contributed by atoms with van der Waals surface area (Å²) in [6.07, 6.45) is 0.940. The molecule has 92 valence electrons. The number of hydrogen-bond donors (Lipinski definition) is 1. The van der Waals surface area contributed by atoms with Gasteiger partial charge in [-0.2, -0.15) is 0 Å². The minimum Gasteiger partial charge on any atom is -0.348 e. The minimum absolute atomic E-state index is 0.155. The van der Waals surface area contributed by atoms with E-state index >= 15 is 0 Å². The zero-order chi connectivity index (χ0) is 12.4. The van der Waals surface area contributed by atoms with Gasteiger partial charge in [0.05, 0.1) is 5.56 Å². The van der Waals surface area contributed by atoms with E-state index in [0.717, 1.165) is 19.5 Å². The Labute approximate surface area is 108 Å². The Balaban J connectivity index is 2.06. The smallest absolute Gasteiger partial charge is 0.252 e. The fourth-order valence-electron chi connectivity index (χ4n) is 1.99.